The zero-order valence-corrected chi connectivity index (χ0v) is 11.6. The predicted octanol–water partition coefficient (Wildman–Crippen LogP) is 1.62. The Labute approximate surface area is 112 Å². The minimum Gasteiger partial charge on any atom is -0.389 e. The number of aromatic nitrogens is 1. The molecular formula is C12H19ClN4O. The molecule has 0 aliphatic heterocycles. The van der Waals surface area contributed by atoms with E-state index in [4.69, 9.17) is 22.7 Å². The average Bonchev–Trinajstić information content (AvgIpc) is 2.25. The van der Waals surface area contributed by atoms with E-state index in [0.717, 1.165) is 0 Å². The van der Waals surface area contributed by atoms with Gasteiger partial charge in [-0.15, -0.1) is 0 Å². The second-order valence-corrected chi connectivity index (χ2v) is 5.11. The average molecular weight is 271 g/mol. The molecule has 0 aliphatic rings. The van der Waals surface area contributed by atoms with Gasteiger partial charge in [0.1, 0.15) is 11.7 Å². The summed E-state index contributed by atoms with van der Waals surface area (Å²) in [6.45, 7) is 6.44. The molecule has 0 spiro atoms. The number of aliphatic hydroxyl groups is 1. The predicted molar refractivity (Wildman–Crippen MR) is 74.4 cm³/mol. The molecule has 0 amide bonds. The summed E-state index contributed by atoms with van der Waals surface area (Å²) in [5.74, 6) is 0.442. The highest BCUT2D eigenvalue weighted by Gasteiger charge is 2.21. The van der Waals surface area contributed by atoms with Crippen LogP contribution in [-0.2, 0) is 0 Å². The van der Waals surface area contributed by atoms with E-state index in [2.05, 4.69) is 4.98 Å². The molecule has 0 bridgehead atoms. The maximum Gasteiger partial charge on any atom is 0.148 e. The van der Waals surface area contributed by atoms with Crippen LogP contribution in [0.3, 0.4) is 0 Å². The second-order valence-electron chi connectivity index (χ2n) is 4.74. The Morgan fingerprint density at radius 2 is 2.22 bits per heavy atom. The third kappa shape index (κ3) is 3.58. The third-order valence-corrected chi connectivity index (χ3v) is 2.79. The number of nitrogens with zero attached hydrogens (tertiary/aromatic N) is 2. The number of hydrogen-bond donors (Lipinski definition) is 3. The van der Waals surface area contributed by atoms with Gasteiger partial charge in [0, 0.05) is 24.8 Å². The fourth-order valence-electron chi connectivity index (χ4n) is 1.66. The first-order chi connectivity index (χ1) is 8.26. The van der Waals surface area contributed by atoms with Gasteiger partial charge in [-0.05, 0) is 26.8 Å². The molecule has 1 aromatic rings. The Morgan fingerprint density at radius 1 is 1.61 bits per heavy atom. The van der Waals surface area contributed by atoms with Gasteiger partial charge in [-0.3, -0.25) is 5.41 Å². The third-order valence-electron chi connectivity index (χ3n) is 2.42. The van der Waals surface area contributed by atoms with Crippen LogP contribution in [0.5, 0.6) is 0 Å². The summed E-state index contributed by atoms with van der Waals surface area (Å²) in [7, 11) is 0. The molecule has 1 heterocycles. The van der Waals surface area contributed by atoms with E-state index >= 15 is 0 Å². The fourth-order valence-corrected chi connectivity index (χ4v) is 2.00. The van der Waals surface area contributed by atoms with Gasteiger partial charge < -0.3 is 15.7 Å². The van der Waals surface area contributed by atoms with E-state index in [1.54, 1.807) is 26.1 Å². The molecule has 1 aromatic heterocycles. The Bertz CT molecular complexity index is 442. The molecule has 18 heavy (non-hydrogen) atoms. The Balaban J connectivity index is 3.14. The lowest BCUT2D eigenvalue weighted by atomic mass is 10.1. The number of rotatable bonds is 5. The molecule has 100 valence electrons. The van der Waals surface area contributed by atoms with Crippen LogP contribution in [0.2, 0.25) is 5.02 Å². The first-order valence-electron chi connectivity index (χ1n) is 5.72. The number of likely N-dealkylation sites (N-methyl/N-ethyl adjacent to an activating group) is 1. The van der Waals surface area contributed by atoms with Crippen LogP contribution in [0.1, 0.15) is 26.3 Å². The van der Waals surface area contributed by atoms with Gasteiger partial charge in [0.15, 0.2) is 0 Å². The maximum absolute atomic E-state index is 9.87. The molecule has 0 fully saturated rings. The zero-order chi connectivity index (χ0) is 13.9. The lowest BCUT2D eigenvalue weighted by Crippen LogP contribution is -2.39. The molecule has 4 N–H and O–H groups in total. The van der Waals surface area contributed by atoms with Crippen LogP contribution in [0.15, 0.2) is 12.3 Å². The van der Waals surface area contributed by atoms with Crippen molar-refractivity contribution in [2.45, 2.75) is 26.4 Å². The summed E-state index contributed by atoms with van der Waals surface area (Å²) in [6.07, 6.45) is 1.56. The Morgan fingerprint density at radius 3 is 2.67 bits per heavy atom. The molecule has 6 heteroatoms. The first-order valence-corrected chi connectivity index (χ1v) is 6.10. The molecule has 0 aliphatic carbocycles. The number of halogens is 1. The van der Waals surface area contributed by atoms with Gasteiger partial charge in [0.05, 0.1) is 10.6 Å². The van der Waals surface area contributed by atoms with Gasteiger partial charge in [-0.25, -0.2) is 4.98 Å². The highest BCUT2D eigenvalue weighted by molar-refractivity contribution is 6.36. The van der Waals surface area contributed by atoms with Gasteiger partial charge >= 0.3 is 0 Å². The van der Waals surface area contributed by atoms with E-state index in [0.29, 0.717) is 29.5 Å². The van der Waals surface area contributed by atoms with E-state index < -0.39 is 5.60 Å². The molecule has 5 nitrogen and oxygen atoms in total. The maximum atomic E-state index is 9.87. The second kappa shape index (κ2) is 5.54. The van der Waals surface area contributed by atoms with Gasteiger partial charge in [-0.1, -0.05) is 11.6 Å². The van der Waals surface area contributed by atoms with Crippen molar-refractivity contribution in [3.63, 3.8) is 0 Å². The topological polar surface area (TPSA) is 86.2 Å². The van der Waals surface area contributed by atoms with Crippen molar-refractivity contribution in [3.05, 3.63) is 22.8 Å². The summed E-state index contributed by atoms with van der Waals surface area (Å²) >= 11 is 6.20. The van der Waals surface area contributed by atoms with Crippen molar-refractivity contribution >= 4 is 23.3 Å². The molecule has 0 saturated carbocycles. The lowest BCUT2D eigenvalue weighted by Gasteiger charge is -2.29. The number of anilines is 1. The number of amidine groups is 1. The minimum atomic E-state index is -0.854. The van der Waals surface area contributed by atoms with Crippen LogP contribution in [0, 0.1) is 5.41 Å². The largest absolute Gasteiger partial charge is 0.389 e. The number of nitrogens with two attached hydrogens (primary N) is 1. The van der Waals surface area contributed by atoms with Gasteiger partial charge in [-0.2, -0.15) is 0 Å². The van der Waals surface area contributed by atoms with Crippen LogP contribution < -0.4 is 10.6 Å². The highest BCUT2D eigenvalue weighted by Crippen LogP contribution is 2.27. The first kappa shape index (κ1) is 14.7. The Hall–Kier alpha value is -1.33. The van der Waals surface area contributed by atoms with Gasteiger partial charge in [0.2, 0.25) is 0 Å². The molecule has 0 aromatic carbocycles. The van der Waals surface area contributed by atoms with Crippen LogP contribution in [0.4, 0.5) is 5.82 Å². The van der Waals surface area contributed by atoms with E-state index in [1.807, 2.05) is 11.8 Å². The summed E-state index contributed by atoms with van der Waals surface area (Å²) in [5.41, 5.74) is 5.06. The van der Waals surface area contributed by atoms with E-state index in [-0.39, 0.29) is 5.84 Å². The minimum absolute atomic E-state index is 0.0945. The van der Waals surface area contributed by atoms with Crippen molar-refractivity contribution in [2.24, 2.45) is 5.73 Å². The SMILES string of the molecule is CCN(CC(C)(C)O)c1nccc(C(=N)N)c1Cl. The molecule has 0 unspecified atom stereocenters. The Kier molecular flexibility index (Phi) is 4.53. The monoisotopic (exact) mass is 270 g/mol. The van der Waals surface area contributed by atoms with Crippen molar-refractivity contribution in [1.82, 2.24) is 4.98 Å². The lowest BCUT2D eigenvalue weighted by molar-refractivity contribution is 0.0874. The number of hydrogen-bond acceptors (Lipinski definition) is 4. The van der Waals surface area contributed by atoms with Crippen LogP contribution in [-0.4, -0.2) is 34.6 Å². The molecule has 0 saturated heterocycles. The summed E-state index contributed by atoms with van der Waals surface area (Å²) in [5, 5.41) is 17.7. The smallest absolute Gasteiger partial charge is 0.148 e. The van der Waals surface area contributed by atoms with Crippen molar-refractivity contribution in [1.29, 1.82) is 5.41 Å². The van der Waals surface area contributed by atoms with Crippen LogP contribution >= 0.6 is 11.6 Å². The van der Waals surface area contributed by atoms with E-state index in [1.165, 1.54) is 0 Å². The van der Waals surface area contributed by atoms with Crippen LogP contribution in [0.25, 0.3) is 0 Å². The summed E-state index contributed by atoms with van der Waals surface area (Å²) < 4.78 is 0. The summed E-state index contributed by atoms with van der Waals surface area (Å²) in [4.78, 5) is 6.06. The zero-order valence-electron chi connectivity index (χ0n) is 10.9. The highest BCUT2D eigenvalue weighted by atomic mass is 35.5. The molecule has 0 atom stereocenters. The van der Waals surface area contributed by atoms with E-state index in [9.17, 15) is 5.11 Å². The number of pyridine rings is 1. The van der Waals surface area contributed by atoms with Crippen molar-refractivity contribution in [3.8, 4) is 0 Å². The van der Waals surface area contributed by atoms with Gasteiger partial charge in [0.25, 0.3) is 0 Å². The molecule has 1 rings (SSSR count). The summed E-state index contributed by atoms with van der Waals surface area (Å²) in [6, 6.07) is 1.60. The number of nitrogen functional groups attached to an aromatic ring is 1. The molecular weight excluding hydrogens is 252 g/mol. The molecule has 0 radical (unpaired) electrons. The van der Waals surface area contributed by atoms with Crippen molar-refractivity contribution < 1.29 is 5.11 Å². The quantitative estimate of drug-likeness (QED) is 0.560. The number of nitrogens with one attached hydrogen (secondary N) is 1. The fraction of sp³-hybridized carbons (Fsp3) is 0.500. The van der Waals surface area contributed by atoms with Crippen molar-refractivity contribution in [2.75, 3.05) is 18.0 Å². The normalized spacial score (nSPS) is 11.4. The standard InChI is InChI=1S/C12H19ClN4O/c1-4-17(7-12(2,3)18)11-9(13)8(10(14)15)5-6-16-11/h5-6,18H,4,7H2,1-3H3,(H3,14,15).